The van der Waals surface area contributed by atoms with Crippen LogP contribution in [0, 0.1) is 18.6 Å². The number of nitrogens with zero attached hydrogens (tertiary/aromatic N) is 3. The van der Waals surface area contributed by atoms with Crippen LogP contribution >= 0.6 is 0 Å². The van der Waals surface area contributed by atoms with E-state index in [1.807, 2.05) is 0 Å². The van der Waals surface area contributed by atoms with Crippen molar-refractivity contribution in [3.63, 3.8) is 0 Å². The number of halogens is 2. The van der Waals surface area contributed by atoms with Crippen LogP contribution in [0.5, 0.6) is 5.75 Å². The number of hydrogen-bond donors (Lipinski definition) is 1. The van der Waals surface area contributed by atoms with Crippen molar-refractivity contribution in [1.29, 1.82) is 0 Å². The van der Waals surface area contributed by atoms with Crippen LogP contribution in [0.1, 0.15) is 46.7 Å². The van der Waals surface area contributed by atoms with Crippen molar-refractivity contribution in [3.05, 3.63) is 77.6 Å². The Morgan fingerprint density at radius 3 is 2.66 bits per heavy atom. The van der Waals surface area contributed by atoms with Crippen molar-refractivity contribution in [1.82, 2.24) is 14.9 Å². The van der Waals surface area contributed by atoms with Crippen LogP contribution in [0.25, 0.3) is 11.3 Å². The van der Waals surface area contributed by atoms with Gasteiger partial charge in [0.25, 0.3) is 0 Å². The Bertz CT molecular complexity index is 1510. The Balaban J connectivity index is 1.43. The topological polar surface area (TPSA) is 93.7 Å². The molecule has 212 valence electrons. The van der Waals surface area contributed by atoms with Gasteiger partial charge in [0.1, 0.15) is 0 Å². The molecule has 2 radical (unpaired) electrons. The number of amides is 2. The minimum absolute atomic E-state index is 0.0807. The van der Waals surface area contributed by atoms with E-state index in [4.69, 9.17) is 9.47 Å². The third-order valence-corrected chi connectivity index (χ3v) is 8.26. The number of nitrogens with one attached hydrogen (secondary N) is 1. The molecule has 2 aromatic carbocycles. The van der Waals surface area contributed by atoms with Gasteiger partial charge >= 0.3 is 227 Å². The average molecular weight is 623 g/mol. The average Bonchev–Trinajstić information content (AvgIpc) is 3.73. The molecule has 3 aromatic rings. The zero-order valence-electron chi connectivity index (χ0n) is 22.7. The van der Waals surface area contributed by atoms with Crippen molar-refractivity contribution in [3.8, 4) is 17.0 Å². The van der Waals surface area contributed by atoms with E-state index in [1.165, 1.54) is 36.7 Å². The second kappa shape index (κ2) is 12.1. The molecule has 1 saturated heterocycles. The molecule has 1 aliphatic carbocycles. The fourth-order valence-corrected chi connectivity index (χ4v) is 5.64. The maximum absolute atomic E-state index is 14.9. The molecule has 2 atom stereocenters. The zero-order valence-corrected chi connectivity index (χ0v) is 24.6. The SMILES string of the molecule is C=CC(=O)N1CC[C@H](OC)[C@H]1COc1c([As])ncnc1-c1cc(F)cc(NC(=O)c2ccc(C3CC3)cc2F)c1C. The molecule has 2 heterocycles. The summed E-state index contributed by atoms with van der Waals surface area (Å²) in [5.74, 6) is -1.52. The van der Waals surface area contributed by atoms with Crippen LogP contribution < -0.4 is 14.5 Å². The summed E-state index contributed by atoms with van der Waals surface area (Å²) in [7, 11) is 1.58. The first-order chi connectivity index (χ1) is 19.7. The third kappa shape index (κ3) is 6.04. The number of anilines is 1. The number of carbonyl (C=O) groups excluding carboxylic acids is 2. The predicted molar refractivity (Wildman–Crippen MR) is 150 cm³/mol. The molecule has 1 N–H and O–H groups in total. The van der Waals surface area contributed by atoms with E-state index in [1.54, 1.807) is 25.0 Å². The molecule has 2 aliphatic rings. The second-order valence-corrected chi connectivity index (χ2v) is 11.0. The zero-order chi connectivity index (χ0) is 29.3. The van der Waals surface area contributed by atoms with Crippen molar-refractivity contribution in [2.24, 2.45) is 0 Å². The van der Waals surface area contributed by atoms with Gasteiger partial charge in [-0.2, -0.15) is 0 Å². The molecule has 8 nitrogen and oxygen atoms in total. The van der Waals surface area contributed by atoms with Crippen LogP contribution in [-0.2, 0) is 9.53 Å². The van der Waals surface area contributed by atoms with Crippen molar-refractivity contribution < 1.29 is 27.8 Å². The first kappa shape index (κ1) is 28.9. The Morgan fingerprint density at radius 1 is 1.20 bits per heavy atom. The van der Waals surface area contributed by atoms with E-state index < -0.39 is 17.5 Å². The molecule has 11 heteroatoms. The van der Waals surface area contributed by atoms with Gasteiger partial charge in [0, 0.05) is 0 Å². The standard InChI is InChI=1S/C30H29AsF2N4O4/c1-4-26(38)37-10-9-25(40-3)24(37)14-41-28-27(34-15-35-29(28)31)21-12-19(32)13-23(16(21)2)36-30(39)20-8-7-18(11-22(20)33)17-5-6-17/h4,7-8,11-13,15,17,24-25H,1,5-6,9-10,14H2,2-3H3,(H,36,39)/t24-,25+/m1/s1. The molecule has 41 heavy (non-hydrogen) atoms. The molecule has 2 fully saturated rings. The van der Waals surface area contributed by atoms with Crippen molar-refractivity contribution in [2.45, 2.75) is 44.2 Å². The Kier molecular flexibility index (Phi) is 8.52. The van der Waals surface area contributed by atoms with Gasteiger partial charge in [0.15, 0.2) is 0 Å². The summed E-state index contributed by atoms with van der Waals surface area (Å²) >= 11 is 2.29. The normalized spacial score (nSPS) is 18.3. The quantitative estimate of drug-likeness (QED) is 0.288. The van der Waals surface area contributed by atoms with E-state index >= 15 is 0 Å². The number of hydrogen-bond acceptors (Lipinski definition) is 6. The number of aromatic nitrogens is 2. The first-order valence-corrected chi connectivity index (χ1v) is 14.2. The van der Waals surface area contributed by atoms with Gasteiger partial charge < -0.3 is 0 Å². The minimum atomic E-state index is -0.685. The van der Waals surface area contributed by atoms with Crippen LogP contribution in [0.15, 0.2) is 49.3 Å². The van der Waals surface area contributed by atoms with Gasteiger partial charge in [0.2, 0.25) is 0 Å². The molecule has 0 unspecified atom stereocenters. The number of methoxy groups -OCH3 is 1. The van der Waals surface area contributed by atoms with Crippen molar-refractivity contribution >= 4 is 38.8 Å². The van der Waals surface area contributed by atoms with Crippen molar-refractivity contribution in [2.75, 3.05) is 25.6 Å². The third-order valence-electron chi connectivity index (χ3n) is 7.59. The molecule has 0 spiro atoms. The Morgan fingerprint density at radius 2 is 1.98 bits per heavy atom. The van der Waals surface area contributed by atoms with E-state index in [0.29, 0.717) is 40.2 Å². The summed E-state index contributed by atoms with van der Waals surface area (Å²) in [4.78, 5) is 35.7. The van der Waals surface area contributed by atoms with Crippen LogP contribution in [0.4, 0.5) is 14.5 Å². The van der Waals surface area contributed by atoms with E-state index in [2.05, 4.69) is 38.7 Å². The molecule has 1 aliphatic heterocycles. The molecule has 2 amide bonds. The molecular formula is C30H29AsF2N4O4. The summed E-state index contributed by atoms with van der Waals surface area (Å²) in [6.07, 6.45) is 5.02. The summed E-state index contributed by atoms with van der Waals surface area (Å²) < 4.78 is 41.9. The van der Waals surface area contributed by atoms with E-state index in [-0.39, 0.29) is 41.7 Å². The number of benzene rings is 2. The number of likely N-dealkylation sites (tertiary alicyclic amines) is 1. The molecule has 1 saturated carbocycles. The molecule has 1 aromatic heterocycles. The summed E-state index contributed by atoms with van der Waals surface area (Å²) in [6, 6.07) is 6.70. The molecular weight excluding hydrogens is 593 g/mol. The summed E-state index contributed by atoms with van der Waals surface area (Å²) in [5.41, 5.74) is 2.09. The van der Waals surface area contributed by atoms with Crippen LogP contribution in [-0.4, -0.2) is 75.9 Å². The second-order valence-electron chi connectivity index (χ2n) is 10.1. The van der Waals surface area contributed by atoms with Gasteiger partial charge in [-0.25, -0.2) is 0 Å². The van der Waals surface area contributed by atoms with Gasteiger partial charge in [0.05, 0.1) is 0 Å². The maximum atomic E-state index is 14.9. The summed E-state index contributed by atoms with van der Waals surface area (Å²) in [6.45, 7) is 5.86. The predicted octanol–water partition coefficient (Wildman–Crippen LogP) is 3.83. The number of carbonyl (C=O) groups is 2. The Hall–Kier alpha value is -3.62. The monoisotopic (exact) mass is 622 g/mol. The number of ether oxygens (including phenoxy) is 2. The van der Waals surface area contributed by atoms with Gasteiger partial charge in [-0.1, -0.05) is 0 Å². The Labute approximate surface area is 245 Å². The van der Waals surface area contributed by atoms with Crippen LogP contribution in [0.2, 0.25) is 0 Å². The molecule has 0 bridgehead atoms. The van der Waals surface area contributed by atoms with Crippen LogP contribution in [0.3, 0.4) is 0 Å². The fraction of sp³-hybridized carbons (Fsp3) is 0.333. The summed E-state index contributed by atoms with van der Waals surface area (Å²) in [5, 5.41) is 2.65. The van der Waals surface area contributed by atoms with E-state index in [9.17, 15) is 18.4 Å². The number of rotatable bonds is 9. The first-order valence-electron chi connectivity index (χ1n) is 13.3. The molecule has 5 rings (SSSR count). The van der Waals surface area contributed by atoms with E-state index in [0.717, 1.165) is 18.4 Å². The van der Waals surface area contributed by atoms with Gasteiger partial charge in [-0.15, -0.1) is 0 Å². The fourth-order valence-electron chi connectivity index (χ4n) is 5.18. The van der Waals surface area contributed by atoms with Gasteiger partial charge in [-0.05, 0) is 18.8 Å². The van der Waals surface area contributed by atoms with Gasteiger partial charge in [-0.3, -0.25) is 0 Å².